The van der Waals surface area contributed by atoms with Crippen LogP contribution in [0.2, 0.25) is 0 Å². The number of aromatic nitrogens is 2. The first kappa shape index (κ1) is 13.1. The van der Waals surface area contributed by atoms with E-state index in [-0.39, 0.29) is 12.5 Å². The third kappa shape index (κ3) is 3.84. The number of likely N-dealkylation sites (N-methyl/N-ethyl adjacent to an activating group) is 1. The van der Waals surface area contributed by atoms with Crippen molar-refractivity contribution in [2.75, 3.05) is 13.7 Å². The predicted molar refractivity (Wildman–Crippen MR) is 71.7 cm³/mol. The van der Waals surface area contributed by atoms with Gasteiger partial charge in [0.2, 0.25) is 0 Å². The lowest BCUT2D eigenvalue weighted by Crippen LogP contribution is -2.30. The smallest absolute Gasteiger partial charge is 0.260 e. The molecule has 0 radical (unpaired) electrons. The topological polar surface area (TPSA) is 58.2 Å². The summed E-state index contributed by atoms with van der Waals surface area (Å²) in [5.74, 6) is 0.646. The molecule has 1 amide bonds. The van der Waals surface area contributed by atoms with Crippen LogP contribution in [0.4, 0.5) is 0 Å². The number of aryl methyl sites for hydroxylation is 1. The Morgan fingerprint density at radius 3 is 3.00 bits per heavy atom. The van der Waals surface area contributed by atoms with Gasteiger partial charge in [-0.3, -0.25) is 9.89 Å². The predicted octanol–water partition coefficient (Wildman–Crippen LogP) is 1.76. The number of hydrogen-bond acceptors (Lipinski definition) is 3. The first-order chi connectivity index (χ1) is 9.15. The molecule has 0 aliphatic rings. The maximum atomic E-state index is 11.9. The minimum absolute atomic E-state index is 0.0395. The van der Waals surface area contributed by atoms with Crippen molar-refractivity contribution in [3.05, 3.63) is 47.8 Å². The lowest BCUT2D eigenvalue weighted by molar-refractivity contribution is -0.132. The molecule has 19 heavy (non-hydrogen) atoms. The van der Waals surface area contributed by atoms with Crippen LogP contribution in [-0.4, -0.2) is 34.7 Å². The molecule has 0 spiro atoms. The van der Waals surface area contributed by atoms with E-state index in [1.807, 2.05) is 31.2 Å². The van der Waals surface area contributed by atoms with E-state index >= 15 is 0 Å². The number of hydrogen-bond donors (Lipinski definition) is 1. The lowest BCUT2D eigenvalue weighted by atomic mass is 10.2. The van der Waals surface area contributed by atoms with Crippen LogP contribution < -0.4 is 4.74 Å². The molecule has 0 saturated carbocycles. The van der Waals surface area contributed by atoms with E-state index in [4.69, 9.17) is 4.74 Å². The van der Waals surface area contributed by atoms with Gasteiger partial charge in [-0.05, 0) is 24.6 Å². The Morgan fingerprint density at radius 2 is 2.32 bits per heavy atom. The van der Waals surface area contributed by atoms with E-state index in [1.165, 1.54) is 0 Å². The summed E-state index contributed by atoms with van der Waals surface area (Å²) in [5, 5.41) is 6.56. The molecule has 100 valence electrons. The third-order valence-corrected chi connectivity index (χ3v) is 2.75. The number of nitrogens with one attached hydrogen (secondary N) is 1. The van der Waals surface area contributed by atoms with Crippen LogP contribution in [0.5, 0.6) is 5.75 Å². The standard InChI is InChI=1S/C14H17N3O2/c1-11-4-3-5-13(6-11)19-10-14(18)17(2)9-12-7-15-16-8-12/h3-8H,9-10H2,1-2H3,(H,15,16). The molecule has 1 aromatic carbocycles. The molecule has 1 heterocycles. The second kappa shape index (κ2) is 6.04. The van der Waals surface area contributed by atoms with Gasteiger partial charge in [0, 0.05) is 25.4 Å². The monoisotopic (exact) mass is 259 g/mol. The van der Waals surface area contributed by atoms with Crippen molar-refractivity contribution in [2.24, 2.45) is 0 Å². The third-order valence-electron chi connectivity index (χ3n) is 2.75. The molecular formula is C14H17N3O2. The van der Waals surface area contributed by atoms with E-state index in [1.54, 1.807) is 24.3 Å². The number of rotatable bonds is 5. The zero-order valence-electron chi connectivity index (χ0n) is 11.1. The molecule has 1 aromatic heterocycles. The maximum Gasteiger partial charge on any atom is 0.260 e. The summed E-state index contributed by atoms with van der Waals surface area (Å²) in [6.07, 6.45) is 3.47. The van der Waals surface area contributed by atoms with Crippen LogP contribution in [0, 0.1) is 6.92 Å². The van der Waals surface area contributed by atoms with Gasteiger partial charge in [-0.25, -0.2) is 0 Å². The van der Waals surface area contributed by atoms with Crippen LogP contribution in [0.25, 0.3) is 0 Å². The fourth-order valence-corrected chi connectivity index (χ4v) is 1.69. The van der Waals surface area contributed by atoms with Gasteiger partial charge in [0.25, 0.3) is 5.91 Å². The number of amides is 1. The fraction of sp³-hybridized carbons (Fsp3) is 0.286. The Morgan fingerprint density at radius 1 is 1.47 bits per heavy atom. The van der Waals surface area contributed by atoms with Gasteiger partial charge in [-0.1, -0.05) is 12.1 Å². The molecule has 2 rings (SSSR count). The van der Waals surface area contributed by atoms with Gasteiger partial charge in [-0.2, -0.15) is 5.10 Å². The highest BCUT2D eigenvalue weighted by atomic mass is 16.5. The average Bonchev–Trinajstić information content (AvgIpc) is 2.89. The fourth-order valence-electron chi connectivity index (χ4n) is 1.69. The highest BCUT2D eigenvalue weighted by Crippen LogP contribution is 2.12. The van der Waals surface area contributed by atoms with Crippen molar-refractivity contribution in [3.63, 3.8) is 0 Å². The SMILES string of the molecule is Cc1cccc(OCC(=O)N(C)Cc2cn[nH]c2)c1. The molecule has 0 fully saturated rings. The molecule has 1 N–H and O–H groups in total. The van der Waals surface area contributed by atoms with Crippen molar-refractivity contribution < 1.29 is 9.53 Å². The van der Waals surface area contributed by atoms with E-state index in [9.17, 15) is 4.79 Å². The number of H-pyrrole nitrogens is 1. The molecule has 0 aliphatic carbocycles. The normalized spacial score (nSPS) is 10.2. The van der Waals surface area contributed by atoms with Gasteiger partial charge < -0.3 is 9.64 Å². The van der Waals surface area contributed by atoms with Gasteiger partial charge in [0.1, 0.15) is 5.75 Å². The maximum absolute atomic E-state index is 11.9. The number of carbonyl (C=O) groups is 1. The molecule has 0 bridgehead atoms. The van der Waals surface area contributed by atoms with Crippen LogP contribution in [0.3, 0.4) is 0 Å². The molecule has 5 nitrogen and oxygen atoms in total. The summed E-state index contributed by atoms with van der Waals surface area (Å²) in [7, 11) is 1.74. The summed E-state index contributed by atoms with van der Waals surface area (Å²) in [5.41, 5.74) is 2.07. The number of carbonyl (C=O) groups excluding carboxylic acids is 1. The highest BCUT2D eigenvalue weighted by Gasteiger charge is 2.10. The zero-order chi connectivity index (χ0) is 13.7. The van der Waals surface area contributed by atoms with Crippen LogP contribution in [0.15, 0.2) is 36.7 Å². The average molecular weight is 259 g/mol. The van der Waals surface area contributed by atoms with E-state index in [2.05, 4.69) is 10.2 Å². The minimum Gasteiger partial charge on any atom is -0.484 e. The molecule has 0 atom stereocenters. The Balaban J connectivity index is 1.84. The summed E-state index contributed by atoms with van der Waals surface area (Å²) in [6.45, 7) is 2.55. The second-order valence-corrected chi connectivity index (χ2v) is 4.46. The van der Waals surface area contributed by atoms with Crippen molar-refractivity contribution in [1.29, 1.82) is 0 Å². The van der Waals surface area contributed by atoms with Crippen LogP contribution >= 0.6 is 0 Å². The Hall–Kier alpha value is -2.30. The summed E-state index contributed by atoms with van der Waals surface area (Å²) < 4.78 is 5.47. The van der Waals surface area contributed by atoms with E-state index < -0.39 is 0 Å². The molecule has 0 aliphatic heterocycles. The number of ether oxygens (including phenoxy) is 1. The molecule has 2 aromatic rings. The van der Waals surface area contributed by atoms with Crippen LogP contribution in [-0.2, 0) is 11.3 Å². The summed E-state index contributed by atoms with van der Waals surface area (Å²) in [6, 6.07) is 7.64. The molecule has 5 heteroatoms. The van der Waals surface area contributed by atoms with Crippen molar-refractivity contribution >= 4 is 5.91 Å². The minimum atomic E-state index is -0.0669. The van der Waals surface area contributed by atoms with Crippen LogP contribution in [0.1, 0.15) is 11.1 Å². The first-order valence-electron chi connectivity index (χ1n) is 6.06. The van der Waals surface area contributed by atoms with Gasteiger partial charge in [-0.15, -0.1) is 0 Å². The van der Waals surface area contributed by atoms with E-state index in [0.717, 1.165) is 11.1 Å². The summed E-state index contributed by atoms with van der Waals surface area (Å²) >= 11 is 0. The molecular weight excluding hydrogens is 242 g/mol. The number of aromatic amines is 1. The highest BCUT2D eigenvalue weighted by molar-refractivity contribution is 5.77. The van der Waals surface area contributed by atoms with Crippen molar-refractivity contribution in [1.82, 2.24) is 15.1 Å². The Labute approximate surface area is 112 Å². The second-order valence-electron chi connectivity index (χ2n) is 4.46. The zero-order valence-corrected chi connectivity index (χ0v) is 11.1. The lowest BCUT2D eigenvalue weighted by Gasteiger charge is -2.16. The van der Waals surface area contributed by atoms with Gasteiger partial charge in [0.05, 0.1) is 6.20 Å². The quantitative estimate of drug-likeness (QED) is 0.890. The summed E-state index contributed by atoms with van der Waals surface area (Å²) in [4.78, 5) is 13.5. The Kier molecular flexibility index (Phi) is 4.18. The first-order valence-corrected chi connectivity index (χ1v) is 6.06. The molecule has 0 saturated heterocycles. The van der Waals surface area contributed by atoms with Gasteiger partial charge in [0.15, 0.2) is 6.61 Å². The van der Waals surface area contributed by atoms with Gasteiger partial charge >= 0.3 is 0 Å². The van der Waals surface area contributed by atoms with Crippen molar-refractivity contribution in [2.45, 2.75) is 13.5 Å². The number of nitrogens with zero attached hydrogens (tertiary/aromatic N) is 2. The van der Waals surface area contributed by atoms with Crippen molar-refractivity contribution in [3.8, 4) is 5.75 Å². The number of benzene rings is 1. The molecule has 0 unspecified atom stereocenters. The van der Waals surface area contributed by atoms with E-state index in [0.29, 0.717) is 12.3 Å². The largest absolute Gasteiger partial charge is 0.484 e. The Bertz CT molecular complexity index is 537.